The third-order valence-corrected chi connectivity index (χ3v) is 4.17. The number of aromatic nitrogens is 2. The van der Waals surface area contributed by atoms with Gasteiger partial charge >= 0.3 is 0 Å². The van der Waals surface area contributed by atoms with E-state index in [0.717, 1.165) is 37.8 Å². The molecule has 0 amide bonds. The maximum absolute atomic E-state index is 4.53. The second-order valence-corrected chi connectivity index (χ2v) is 5.83. The molecule has 1 aromatic heterocycles. The Morgan fingerprint density at radius 1 is 1.21 bits per heavy atom. The fourth-order valence-electron chi connectivity index (χ4n) is 2.84. The maximum Gasteiger partial charge on any atom is 0.135 e. The molecule has 1 N–H and O–H groups in total. The van der Waals surface area contributed by atoms with Crippen LogP contribution in [0.4, 0.5) is 5.82 Å². The van der Waals surface area contributed by atoms with Gasteiger partial charge in [-0.25, -0.2) is 9.97 Å². The summed E-state index contributed by atoms with van der Waals surface area (Å²) in [5.41, 5.74) is 2.68. The van der Waals surface area contributed by atoms with Crippen molar-refractivity contribution in [3.8, 4) is 0 Å². The van der Waals surface area contributed by atoms with E-state index in [1.165, 1.54) is 43.4 Å². The van der Waals surface area contributed by atoms with Gasteiger partial charge in [-0.2, -0.15) is 0 Å². The smallest absolute Gasteiger partial charge is 0.135 e. The molecule has 0 aliphatic heterocycles. The molecular formula is C15H24N4. The van der Waals surface area contributed by atoms with E-state index in [-0.39, 0.29) is 0 Å². The van der Waals surface area contributed by atoms with Crippen molar-refractivity contribution in [1.29, 1.82) is 0 Å². The summed E-state index contributed by atoms with van der Waals surface area (Å²) in [6.07, 6.45) is 10.6. The monoisotopic (exact) mass is 260 g/mol. The molecule has 1 saturated carbocycles. The largest absolute Gasteiger partial charge is 0.358 e. The van der Waals surface area contributed by atoms with Crippen molar-refractivity contribution in [2.45, 2.75) is 51.0 Å². The first kappa shape index (κ1) is 12.9. The van der Waals surface area contributed by atoms with E-state index >= 15 is 0 Å². The van der Waals surface area contributed by atoms with Crippen LogP contribution in [0.3, 0.4) is 0 Å². The summed E-state index contributed by atoms with van der Waals surface area (Å²) in [7, 11) is 2.15. The van der Waals surface area contributed by atoms with Gasteiger partial charge in [0.15, 0.2) is 0 Å². The lowest BCUT2D eigenvalue weighted by Crippen LogP contribution is -2.31. The second-order valence-electron chi connectivity index (χ2n) is 5.83. The lowest BCUT2D eigenvalue weighted by molar-refractivity contribution is 0.670. The third-order valence-electron chi connectivity index (χ3n) is 4.17. The van der Waals surface area contributed by atoms with Gasteiger partial charge in [0.05, 0.1) is 0 Å². The zero-order valence-corrected chi connectivity index (χ0v) is 11.9. The normalized spacial score (nSPS) is 18.8. The van der Waals surface area contributed by atoms with Crippen LogP contribution < -0.4 is 10.2 Å². The van der Waals surface area contributed by atoms with Crippen LogP contribution in [0.5, 0.6) is 0 Å². The van der Waals surface area contributed by atoms with Crippen molar-refractivity contribution in [2.24, 2.45) is 0 Å². The van der Waals surface area contributed by atoms with Crippen LogP contribution in [0.2, 0.25) is 0 Å². The molecular weight excluding hydrogens is 236 g/mol. The SMILES string of the molecule is CN(CCNC1CC1)c1ncnc2c1CCCCC2. The number of hydrogen-bond donors (Lipinski definition) is 1. The Hall–Kier alpha value is -1.16. The molecule has 1 fully saturated rings. The van der Waals surface area contributed by atoms with Crippen LogP contribution in [-0.2, 0) is 12.8 Å². The quantitative estimate of drug-likeness (QED) is 0.821. The number of anilines is 1. The molecule has 1 aromatic rings. The summed E-state index contributed by atoms with van der Waals surface area (Å²) in [6, 6.07) is 0.788. The maximum atomic E-state index is 4.53. The van der Waals surface area contributed by atoms with Gasteiger partial charge in [0.25, 0.3) is 0 Å². The molecule has 0 unspecified atom stereocenters. The topological polar surface area (TPSA) is 41.0 Å². The van der Waals surface area contributed by atoms with Gasteiger partial charge in [0.1, 0.15) is 12.1 Å². The van der Waals surface area contributed by atoms with Crippen molar-refractivity contribution in [3.63, 3.8) is 0 Å². The molecule has 104 valence electrons. The lowest BCUT2D eigenvalue weighted by atomic mass is 10.1. The molecule has 0 radical (unpaired) electrons. The Morgan fingerprint density at radius 2 is 2.05 bits per heavy atom. The first-order valence-corrected chi connectivity index (χ1v) is 7.62. The van der Waals surface area contributed by atoms with Gasteiger partial charge in [-0.3, -0.25) is 0 Å². The molecule has 1 heterocycles. The molecule has 0 saturated heterocycles. The first-order chi connectivity index (χ1) is 9.34. The molecule has 4 heteroatoms. The Balaban J connectivity index is 1.67. The fraction of sp³-hybridized carbons (Fsp3) is 0.733. The summed E-state index contributed by atoms with van der Waals surface area (Å²) in [5.74, 6) is 1.16. The van der Waals surface area contributed by atoms with Crippen molar-refractivity contribution < 1.29 is 0 Å². The Labute approximate surface area is 115 Å². The minimum Gasteiger partial charge on any atom is -0.358 e. The number of fused-ring (bicyclic) bond motifs is 1. The van der Waals surface area contributed by atoms with Crippen LogP contribution in [0.15, 0.2) is 6.33 Å². The van der Waals surface area contributed by atoms with Crippen LogP contribution in [0, 0.1) is 0 Å². The summed E-state index contributed by atoms with van der Waals surface area (Å²) in [4.78, 5) is 11.3. The first-order valence-electron chi connectivity index (χ1n) is 7.62. The summed E-state index contributed by atoms with van der Waals surface area (Å²) in [6.45, 7) is 2.08. The molecule has 3 rings (SSSR count). The highest BCUT2D eigenvalue weighted by molar-refractivity contribution is 5.48. The average molecular weight is 260 g/mol. The number of likely N-dealkylation sites (N-methyl/N-ethyl adjacent to an activating group) is 1. The fourth-order valence-corrected chi connectivity index (χ4v) is 2.84. The molecule has 2 aliphatic carbocycles. The van der Waals surface area contributed by atoms with E-state index in [2.05, 4.69) is 27.2 Å². The summed E-state index contributed by atoms with van der Waals surface area (Å²) in [5, 5.41) is 3.56. The van der Waals surface area contributed by atoms with Crippen LogP contribution in [0.25, 0.3) is 0 Å². The number of nitrogens with zero attached hydrogens (tertiary/aromatic N) is 3. The molecule has 0 atom stereocenters. The minimum absolute atomic E-state index is 0.788. The van der Waals surface area contributed by atoms with Gasteiger partial charge < -0.3 is 10.2 Å². The van der Waals surface area contributed by atoms with Gasteiger partial charge in [-0.15, -0.1) is 0 Å². The third kappa shape index (κ3) is 3.24. The Kier molecular flexibility index (Phi) is 3.97. The van der Waals surface area contributed by atoms with Crippen molar-refractivity contribution in [1.82, 2.24) is 15.3 Å². The van der Waals surface area contributed by atoms with E-state index in [1.807, 2.05) is 0 Å². The van der Waals surface area contributed by atoms with Crippen LogP contribution >= 0.6 is 0 Å². The molecule has 0 bridgehead atoms. The Morgan fingerprint density at radius 3 is 2.89 bits per heavy atom. The number of nitrogens with one attached hydrogen (secondary N) is 1. The van der Waals surface area contributed by atoms with Crippen molar-refractivity contribution >= 4 is 5.82 Å². The molecule has 2 aliphatic rings. The van der Waals surface area contributed by atoms with E-state index in [9.17, 15) is 0 Å². The predicted octanol–water partition coefficient (Wildman–Crippen LogP) is 1.93. The standard InChI is InChI=1S/C15H24N4/c1-19(10-9-16-12-7-8-12)15-13-5-3-2-4-6-14(13)17-11-18-15/h11-12,16H,2-10H2,1H3. The van der Waals surface area contributed by atoms with E-state index < -0.39 is 0 Å². The number of aryl methyl sites for hydroxylation is 1. The highest BCUT2D eigenvalue weighted by atomic mass is 15.2. The van der Waals surface area contributed by atoms with E-state index in [4.69, 9.17) is 0 Å². The Bertz CT molecular complexity index is 428. The van der Waals surface area contributed by atoms with Gasteiger partial charge in [0.2, 0.25) is 0 Å². The van der Waals surface area contributed by atoms with Gasteiger partial charge in [0, 0.05) is 37.4 Å². The second kappa shape index (κ2) is 5.87. The number of rotatable bonds is 5. The van der Waals surface area contributed by atoms with E-state index in [1.54, 1.807) is 6.33 Å². The molecule has 19 heavy (non-hydrogen) atoms. The molecule has 0 spiro atoms. The van der Waals surface area contributed by atoms with Crippen molar-refractivity contribution in [3.05, 3.63) is 17.6 Å². The van der Waals surface area contributed by atoms with E-state index in [0.29, 0.717) is 0 Å². The minimum atomic E-state index is 0.788. The lowest BCUT2D eigenvalue weighted by Gasteiger charge is -2.22. The van der Waals surface area contributed by atoms with Crippen molar-refractivity contribution in [2.75, 3.05) is 25.0 Å². The zero-order chi connectivity index (χ0) is 13.1. The summed E-state index contributed by atoms with van der Waals surface area (Å²) >= 11 is 0. The zero-order valence-electron chi connectivity index (χ0n) is 11.9. The predicted molar refractivity (Wildman–Crippen MR) is 77.6 cm³/mol. The highest BCUT2D eigenvalue weighted by Crippen LogP contribution is 2.25. The number of hydrogen-bond acceptors (Lipinski definition) is 4. The highest BCUT2D eigenvalue weighted by Gasteiger charge is 2.21. The van der Waals surface area contributed by atoms with Crippen LogP contribution in [-0.4, -0.2) is 36.1 Å². The average Bonchev–Trinajstić information content (AvgIpc) is 3.23. The molecule has 0 aromatic carbocycles. The van der Waals surface area contributed by atoms with Crippen LogP contribution in [0.1, 0.15) is 43.4 Å². The molecule has 4 nitrogen and oxygen atoms in total. The van der Waals surface area contributed by atoms with Gasteiger partial charge in [-0.05, 0) is 38.5 Å². The van der Waals surface area contributed by atoms with Gasteiger partial charge in [-0.1, -0.05) is 6.42 Å². The summed E-state index contributed by atoms with van der Waals surface area (Å²) < 4.78 is 0.